The van der Waals surface area contributed by atoms with Gasteiger partial charge in [0.25, 0.3) is 5.56 Å². The number of aryl methyl sites for hydroxylation is 2. The fourth-order valence-corrected chi connectivity index (χ4v) is 5.51. The zero-order chi connectivity index (χ0) is 25.5. The molecule has 0 aliphatic carbocycles. The lowest BCUT2D eigenvalue weighted by Gasteiger charge is -2.22. The molecule has 0 amide bonds. The van der Waals surface area contributed by atoms with Crippen molar-refractivity contribution in [3.63, 3.8) is 0 Å². The number of fused-ring (bicyclic) bond motifs is 1. The molecule has 4 rings (SSSR count). The summed E-state index contributed by atoms with van der Waals surface area (Å²) in [6, 6.07) is 10.8. The maximum Gasteiger partial charge on any atom is 0.417 e. The topological polar surface area (TPSA) is 83.4 Å². The highest BCUT2D eigenvalue weighted by Gasteiger charge is 2.36. The highest BCUT2D eigenvalue weighted by Crippen LogP contribution is 2.36. The molecule has 35 heavy (non-hydrogen) atoms. The molecule has 0 spiro atoms. The molecule has 11 heteroatoms. The van der Waals surface area contributed by atoms with Gasteiger partial charge in [-0.2, -0.15) is 17.5 Å². The minimum atomic E-state index is -4.85. The lowest BCUT2D eigenvalue weighted by Crippen LogP contribution is -2.32. The monoisotopic (exact) mass is 524 g/mol. The third-order valence-corrected chi connectivity index (χ3v) is 7.63. The van der Waals surface area contributed by atoms with E-state index in [1.807, 2.05) is 26.0 Å². The molecular formula is C24H20ClF3N2O4S. The van der Waals surface area contributed by atoms with Crippen LogP contribution >= 0.6 is 11.6 Å². The van der Waals surface area contributed by atoms with Gasteiger partial charge in [0.05, 0.1) is 33.8 Å². The minimum absolute atomic E-state index is 0.127. The normalized spacial score (nSPS) is 12.5. The third kappa shape index (κ3) is 5.14. The number of aromatic amines is 1. The van der Waals surface area contributed by atoms with Gasteiger partial charge in [0.2, 0.25) is 10.0 Å². The standard InChI is InChI=1S/C24H20ClF3N2O4S/c1-14-8-15(2)22-16(9-14)10-17(23(31)29-22)12-30(13-18-4-3-7-34-18)35(32,33)19-5-6-21(25)20(11-19)24(26,27)28/h3-11H,12-13H2,1-2H3,(H,29,31). The number of H-pyrrole nitrogens is 1. The molecule has 0 unspecified atom stereocenters. The molecule has 0 radical (unpaired) electrons. The molecule has 2 heterocycles. The molecular weight excluding hydrogens is 505 g/mol. The Morgan fingerprint density at radius 1 is 1.06 bits per heavy atom. The molecule has 0 atom stereocenters. The number of hydrogen-bond donors (Lipinski definition) is 1. The zero-order valence-electron chi connectivity index (χ0n) is 18.6. The van der Waals surface area contributed by atoms with Crippen molar-refractivity contribution >= 4 is 32.5 Å². The molecule has 6 nitrogen and oxygen atoms in total. The van der Waals surface area contributed by atoms with Crippen molar-refractivity contribution in [3.8, 4) is 0 Å². The second kappa shape index (κ2) is 9.18. The van der Waals surface area contributed by atoms with E-state index in [1.165, 1.54) is 12.3 Å². The Morgan fingerprint density at radius 2 is 1.80 bits per heavy atom. The summed E-state index contributed by atoms with van der Waals surface area (Å²) in [5, 5.41) is 0.0871. The molecule has 0 fully saturated rings. The molecule has 2 aromatic heterocycles. The molecule has 0 saturated heterocycles. The van der Waals surface area contributed by atoms with Gasteiger partial charge in [-0.1, -0.05) is 23.2 Å². The predicted molar refractivity (Wildman–Crippen MR) is 126 cm³/mol. The van der Waals surface area contributed by atoms with Crippen LogP contribution in [0.5, 0.6) is 0 Å². The summed E-state index contributed by atoms with van der Waals surface area (Å²) < 4.78 is 73.3. The van der Waals surface area contributed by atoms with Crippen molar-refractivity contribution in [2.75, 3.05) is 0 Å². The fourth-order valence-electron chi connectivity index (χ4n) is 3.87. The lowest BCUT2D eigenvalue weighted by atomic mass is 10.1. The first-order valence-electron chi connectivity index (χ1n) is 10.4. The minimum Gasteiger partial charge on any atom is -0.468 e. The van der Waals surface area contributed by atoms with E-state index in [0.29, 0.717) is 17.0 Å². The van der Waals surface area contributed by atoms with Gasteiger partial charge in [0, 0.05) is 12.1 Å². The Bertz CT molecular complexity index is 1560. The summed E-state index contributed by atoms with van der Waals surface area (Å²) in [5.74, 6) is 0.252. The van der Waals surface area contributed by atoms with Crippen LogP contribution in [0.3, 0.4) is 0 Å². The van der Waals surface area contributed by atoms with Crippen LogP contribution < -0.4 is 5.56 Å². The Balaban J connectivity index is 1.82. The van der Waals surface area contributed by atoms with Crippen LogP contribution in [0.15, 0.2) is 68.9 Å². The van der Waals surface area contributed by atoms with Gasteiger partial charge < -0.3 is 9.40 Å². The van der Waals surface area contributed by atoms with Crippen LogP contribution in [0, 0.1) is 13.8 Å². The van der Waals surface area contributed by atoms with Crippen molar-refractivity contribution in [2.24, 2.45) is 0 Å². The van der Waals surface area contributed by atoms with Crippen LogP contribution in [0.1, 0.15) is 28.0 Å². The number of furan rings is 1. The van der Waals surface area contributed by atoms with E-state index in [-0.39, 0.29) is 17.9 Å². The number of rotatable bonds is 6. The summed E-state index contributed by atoms with van der Waals surface area (Å²) in [6.45, 7) is 3.04. The van der Waals surface area contributed by atoms with E-state index in [4.69, 9.17) is 16.0 Å². The Hall–Kier alpha value is -3.08. The molecule has 0 saturated carbocycles. The van der Waals surface area contributed by atoms with Gasteiger partial charge in [-0.25, -0.2) is 8.42 Å². The quantitative estimate of drug-likeness (QED) is 0.345. The van der Waals surface area contributed by atoms with Crippen LogP contribution in [-0.2, 0) is 29.3 Å². The number of hydrogen-bond acceptors (Lipinski definition) is 4. The first-order chi connectivity index (χ1) is 16.4. The maximum absolute atomic E-state index is 13.5. The molecule has 184 valence electrons. The van der Waals surface area contributed by atoms with Crippen molar-refractivity contribution in [1.29, 1.82) is 0 Å². The van der Waals surface area contributed by atoms with Crippen LogP contribution in [0.25, 0.3) is 10.9 Å². The summed E-state index contributed by atoms with van der Waals surface area (Å²) in [5.41, 5.74) is 0.780. The average molecular weight is 525 g/mol. The Kier molecular flexibility index (Phi) is 6.56. The Labute approximate surface area is 204 Å². The largest absolute Gasteiger partial charge is 0.468 e. The van der Waals surface area contributed by atoms with Gasteiger partial charge in [0.15, 0.2) is 0 Å². The van der Waals surface area contributed by atoms with E-state index in [2.05, 4.69) is 4.98 Å². The first-order valence-corrected chi connectivity index (χ1v) is 12.2. The predicted octanol–water partition coefficient (Wildman–Crippen LogP) is 5.80. The summed E-state index contributed by atoms with van der Waals surface area (Å²) >= 11 is 5.67. The first kappa shape index (κ1) is 25.0. The maximum atomic E-state index is 13.5. The molecule has 0 aliphatic rings. The Morgan fingerprint density at radius 3 is 2.46 bits per heavy atom. The van der Waals surface area contributed by atoms with E-state index < -0.39 is 43.8 Å². The van der Waals surface area contributed by atoms with Gasteiger partial charge >= 0.3 is 6.18 Å². The fraction of sp³-hybridized carbons (Fsp3) is 0.208. The van der Waals surface area contributed by atoms with Crippen molar-refractivity contribution < 1.29 is 26.0 Å². The smallest absolute Gasteiger partial charge is 0.417 e. The lowest BCUT2D eigenvalue weighted by molar-refractivity contribution is -0.137. The zero-order valence-corrected chi connectivity index (χ0v) is 20.2. The van der Waals surface area contributed by atoms with Gasteiger partial charge in [-0.15, -0.1) is 0 Å². The van der Waals surface area contributed by atoms with Gasteiger partial charge in [0.1, 0.15) is 5.76 Å². The molecule has 0 bridgehead atoms. The summed E-state index contributed by atoms with van der Waals surface area (Å²) in [6.07, 6.45) is -3.50. The third-order valence-electron chi connectivity index (χ3n) is 5.51. The molecule has 0 aliphatic heterocycles. The van der Waals surface area contributed by atoms with Crippen molar-refractivity contribution in [3.05, 3.63) is 98.2 Å². The highest BCUT2D eigenvalue weighted by molar-refractivity contribution is 7.89. The number of aromatic nitrogens is 1. The van der Waals surface area contributed by atoms with E-state index in [0.717, 1.165) is 27.6 Å². The number of sulfonamides is 1. The summed E-state index contributed by atoms with van der Waals surface area (Å²) in [4.78, 5) is 15.0. The molecule has 1 N–H and O–H groups in total. The number of nitrogens with one attached hydrogen (secondary N) is 1. The molecule has 4 aromatic rings. The van der Waals surface area contributed by atoms with Crippen molar-refractivity contribution in [1.82, 2.24) is 9.29 Å². The summed E-state index contributed by atoms with van der Waals surface area (Å²) in [7, 11) is -4.50. The van der Waals surface area contributed by atoms with Crippen LogP contribution in [0.2, 0.25) is 5.02 Å². The van der Waals surface area contributed by atoms with E-state index >= 15 is 0 Å². The van der Waals surface area contributed by atoms with Gasteiger partial charge in [-0.3, -0.25) is 4.79 Å². The van der Waals surface area contributed by atoms with Crippen molar-refractivity contribution in [2.45, 2.75) is 38.0 Å². The average Bonchev–Trinajstić information content (AvgIpc) is 3.27. The van der Waals surface area contributed by atoms with Crippen LogP contribution in [0.4, 0.5) is 13.2 Å². The van der Waals surface area contributed by atoms with E-state index in [1.54, 1.807) is 12.1 Å². The number of pyridine rings is 1. The SMILES string of the molecule is Cc1cc(C)c2[nH]c(=O)c(CN(Cc3ccco3)S(=O)(=O)c3ccc(Cl)c(C(F)(F)F)c3)cc2c1. The van der Waals surface area contributed by atoms with E-state index in [9.17, 15) is 26.4 Å². The number of nitrogens with zero attached hydrogens (tertiary/aromatic N) is 1. The van der Waals surface area contributed by atoms with Gasteiger partial charge in [-0.05, 0) is 67.3 Å². The number of alkyl halides is 3. The second-order valence-corrected chi connectivity index (χ2v) is 10.5. The number of benzene rings is 2. The van der Waals surface area contributed by atoms with Crippen LogP contribution in [-0.4, -0.2) is 17.7 Å². The highest BCUT2D eigenvalue weighted by atomic mass is 35.5. The molecule has 2 aromatic carbocycles. The second-order valence-electron chi connectivity index (χ2n) is 8.16. The number of halogens is 4.